The molecule has 10 heteroatoms. The lowest BCUT2D eigenvalue weighted by Crippen LogP contribution is -2.25. The first-order valence-corrected chi connectivity index (χ1v) is 8.92. The highest BCUT2D eigenvalue weighted by atomic mass is 16.5. The largest absolute Gasteiger partial charge is 0.508 e. The molecule has 1 atom stereocenters. The Morgan fingerprint density at radius 1 is 1.17 bits per heavy atom. The van der Waals surface area contributed by atoms with Gasteiger partial charge in [-0.3, -0.25) is 20.3 Å². The van der Waals surface area contributed by atoms with Crippen LogP contribution < -0.4 is 14.8 Å². The zero-order chi connectivity index (χ0) is 22.0. The van der Waals surface area contributed by atoms with E-state index in [-0.39, 0.29) is 52.6 Å². The van der Waals surface area contributed by atoms with E-state index in [4.69, 9.17) is 14.9 Å². The number of phenolic OH excluding ortho intramolecular Hbond substituents is 3. The summed E-state index contributed by atoms with van der Waals surface area (Å²) in [5.41, 5.74) is 0.659. The average Bonchev–Trinajstić information content (AvgIpc) is 2.96. The van der Waals surface area contributed by atoms with Crippen LogP contribution in [0.1, 0.15) is 28.4 Å². The van der Waals surface area contributed by atoms with E-state index in [1.165, 1.54) is 19.2 Å². The number of methoxy groups -OCH3 is 1. The molecule has 2 aliphatic heterocycles. The molecule has 0 spiro atoms. The molecule has 4 rings (SSSR count). The molecule has 158 valence electrons. The van der Waals surface area contributed by atoms with E-state index in [9.17, 15) is 24.9 Å². The molecule has 10 nitrogen and oxygen atoms in total. The van der Waals surface area contributed by atoms with Crippen LogP contribution in [-0.4, -0.2) is 58.6 Å². The number of hydrogen-bond acceptors (Lipinski definition) is 8. The number of carbonyl (C=O) groups is 2. The fraction of sp³-hybridized carbons (Fsp3) is 0.250. The predicted molar refractivity (Wildman–Crippen MR) is 105 cm³/mol. The molecule has 0 aliphatic carbocycles. The van der Waals surface area contributed by atoms with Crippen LogP contribution in [-0.2, 0) is 4.79 Å². The highest BCUT2D eigenvalue weighted by molar-refractivity contribution is 6.03. The molecule has 0 bridgehead atoms. The molecule has 1 amide bonds. The number of amides is 1. The second-order valence-corrected chi connectivity index (χ2v) is 6.76. The number of guanidine groups is 1. The summed E-state index contributed by atoms with van der Waals surface area (Å²) >= 11 is 0. The Kier molecular flexibility index (Phi) is 5.67. The zero-order valence-corrected chi connectivity index (χ0v) is 16.3. The van der Waals surface area contributed by atoms with E-state index in [1.54, 1.807) is 24.1 Å². The first-order valence-electron chi connectivity index (χ1n) is 8.92. The fourth-order valence-electron chi connectivity index (χ4n) is 3.08. The van der Waals surface area contributed by atoms with E-state index in [1.807, 2.05) is 0 Å². The third-order valence-electron chi connectivity index (χ3n) is 4.58. The van der Waals surface area contributed by atoms with Crippen LogP contribution >= 0.6 is 0 Å². The molecule has 0 unspecified atom stereocenters. The van der Waals surface area contributed by atoms with Crippen molar-refractivity contribution in [2.24, 2.45) is 0 Å². The third-order valence-corrected chi connectivity index (χ3v) is 4.58. The number of Topliss-reactive ketones (excluding diaryl/α,β-unsaturated/α-hetero) is 1. The van der Waals surface area contributed by atoms with E-state index in [2.05, 4.69) is 5.32 Å². The number of fused-ring (bicyclic) bond motifs is 1. The van der Waals surface area contributed by atoms with E-state index >= 15 is 0 Å². The van der Waals surface area contributed by atoms with Crippen molar-refractivity contribution in [2.45, 2.75) is 12.5 Å². The molecule has 1 fully saturated rings. The average molecular weight is 415 g/mol. The number of carbonyl (C=O) groups excluding carboxylic acids is 2. The van der Waals surface area contributed by atoms with Crippen LogP contribution in [0.2, 0.25) is 0 Å². The van der Waals surface area contributed by atoms with E-state index in [0.29, 0.717) is 17.9 Å². The Labute approximate surface area is 171 Å². The van der Waals surface area contributed by atoms with Gasteiger partial charge < -0.3 is 29.7 Å². The molecule has 0 radical (unpaired) electrons. The molecule has 5 N–H and O–H groups in total. The normalized spacial score (nSPS) is 17.5. The van der Waals surface area contributed by atoms with Gasteiger partial charge >= 0.3 is 0 Å². The summed E-state index contributed by atoms with van der Waals surface area (Å²) in [5, 5.41) is 38.4. The van der Waals surface area contributed by atoms with Gasteiger partial charge in [0.1, 0.15) is 28.9 Å². The number of ketones is 1. The molecule has 2 aliphatic rings. The van der Waals surface area contributed by atoms with Crippen molar-refractivity contribution < 1.29 is 34.4 Å². The number of aromatic hydroxyl groups is 3. The molecule has 1 saturated heterocycles. The van der Waals surface area contributed by atoms with Crippen molar-refractivity contribution in [1.29, 1.82) is 5.41 Å². The number of ether oxygens (including phenoxy) is 2. The van der Waals surface area contributed by atoms with Gasteiger partial charge in [0.05, 0.1) is 20.1 Å². The minimum atomic E-state index is -0.613. The van der Waals surface area contributed by atoms with Crippen LogP contribution in [0.3, 0.4) is 0 Å². The quantitative estimate of drug-likeness (QED) is 0.495. The van der Waals surface area contributed by atoms with Crippen molar-refractivity contribution in [1.82, 2.24) is 10.2 Å². The highest BCUT2D eigenvalue weighted by Crippen LogP contribution is 2.42. The molecular formula is C20H21N3O7. The maximum atomic E-state index is 12.2. The minimum absolute atomic E-state index is 0.0249. The number of rotatable bonds is 2. The van der Waals surface area contributed by atoms with Crippen LogP contribution in [0.15, 0.2) is 30.3 Å². The molecule has 0 saturated carbocycles. The summed E-state index contributed by atoms with van der Waals surface area (Å²) in [6.45, 7) is 0.318. The summed E-state index contributed by atoms with van der Waals surface area (Å²) in [4.78, 5) is 24.1. The highest BCUT2D eigenvalue weighted by Gasteiger charge is 2.31. The number of phenols is 3. The summed E-state index contributed by atoms with van der Waals surface area (Å²) in [5.74, 6) is -0.318. The van der Waals surface area contributed by atoms with Gasteiger partial charge in [0.15, 0.2) is 23.2 Å². The Balaban J connectivity index is 0.000000269. The van der Waals surface area contributed by atoms with Crippen LogP contribution in [0.4, 0.5) is 0 Å². The molecule has 2 aromatic rings. The van der Waals surface area contributed by atoms with Crippen molar-refractivity contribution >= 4 is 17.6 Å². The van der Waals surface area contributed by atoms with Crippen molar-refractivity contribution in [2.75, 3.05) is 20.7 Å². The number of hydrogen-bond donors (Lipinski definition) is 5. The second kappa shape index (κ2) is 8.19. The lowest BCUT2D eigenvalue weighted by molar-refractivity contribution is -0.118. The second-order valence-electron chi connectivity index (χ2n) is 6.76. The SMILES string of the molecule is CN1CC(=O)NC1=N.COc1ccc([C@@H]2CC(=O)c3c(O)cc(O)cc3O2)cc1O. The van der Waals surface area contributed by atoms with Gasteiger partial charge in [0, 0.05) is 19.2 Å². The van der Waals surface area contributed by atoms with Gasteiger partial charge in [0.2, 0.25) is 5.91 Å². The first-order chi connectivity index (χ1) is 14.2. The van der Waals surface area contributed by atoms with E-state index < -0.39 is 6.10 Å². The summed E-state index contributed by atoms with van der Waals surface area (Å²) in [6.07, 6.45) is -0.588. The van der Waals surface area contributed by atoms with Gasteiger partial charge in [0.25, 0.3) is 0 Å². The Morgan fingerprint density at radius 3 is 2.43 bits per heavy atom. The Hall–Kier alpha value is -3.95. The molecular weight excluding hydrogens is 394 g/mol. The molecule has 2 aromatic carbocycles. The maximum Gasteiger partial charge on any atom is 0.246 e. The van der Waals surface area contributed by atoms with Gasteiger partial charge in [-0.1, -0.05) is 6.07 Å². The van der Waals surface area contributed by atoms with Gasteiger partial charge in [-0.25, -0.2) is 0 Å². The number of nitrogens with zero attached hydrogens (tertiary/aromatic N) is 1. The first kappa shape index (κ1) is 20.8. The predicted octanol–water partition coefficient (Wildman–Crippen LogP) is 1.50. The van der Waals surface area contributed by atoms with Crippen LogP contribution in [0.25, 0.3) is 0 Å². The summed E-state index contributed by atoms with van der Waals surface area (Å²) in [6, 6.07) is 7.10. The minimum Gasteiger partial charge on any atom is -0.508 e. The standard InChI is InChI=1S/C16H14O6.C4H7N3O/c1-21-13-3-2-8(4-10(13)18)14-7-12(20)16-11(19)5-9(17)6-15(16)22-14;1-7-2-3(8)6-4(7)5/h2-6,14,17-19H,7H2,1H3;2H2,1H3,(H2,5,6,8)/t14-;/m0./s1. The Morgan fingerprint density at radius 2 is 1.90 bits per heavy atom. The smallest absolute Gasteiger partial charge is 0.246 e. The number of nitrogens with one attached hydrogen (secondary N) is 2. The summed E-state index contributed by atoms with van der Waals surface area (Å²) in [7, 11) is 3.14. The lowest BCUT2D eigenvalue weighted by Gasteiger charge is -2.26. The lowest BCUT2D eigenvalue weighted by atomic mass is 9.95. The van der Waals surface area contributed by atoms with Gasteiger partial charge in [-0.15, -0.1) is 0 Å². The zero-order valence-electron chi connectivity index (χ0n) is 16.3. The summed E-state index contributed by atoms with van der Waals surface area (Å²) < 4.78 is 10.7. The Bertz CT molecular complexity index is 1020. The van der Waals surface area contributed by atoms with Gasteiger partial charge in [-0.2, -0.15) is 0 Å². The van der Waals surface area contributed by atoms with Crippen molar-refractivity contribution in [3.8, 4) is 28.7 Å². The van der Waals surface area contributed by atoms with Crippen molar-refractivity contribution in [3.05, 3.63) is 41.5 Å². The van der Waals surface area contributed by atoms with E-state index in [0.717, 1.165) is 6.07 Å². The topological polar surface area (TPSA) is 152 Å². The van der Waals surface area contributed by atoms with Crippen LogP contribution in [0.5, 0.6) is 28.7 Å². The van der Waals surface area contributed by atoms with Crippen LogP contribution in [0, 0.1) is 5.41 Å². The number of likely N-dealkylation sites (N-methyl/N-ethyl adjacent to an activating group) is 1. The molecule has 30 heavy (non-hydrogen) atoms. The molecule has 2 heterocycles. The molecule has 0 aromatic heterocycles. The monoisotopic (exact) mass is 415 g/mol. The maximum absolute atomic E-state index is 12.2. The third kappa shape index (κ3) is 4.22. The number of benzene rings is 2. The van der Waals surface area contributed by atoms with Gasteiger partial charge in [-0.05, 0) is 17.7 Å². The van der Waals surface area contributed by atoms with Crippen molar-refractivity contribution in [3.63, 3.8) is 0 Å². The fourth-order valence-corrected chi connectivity index (χ4v) is 3.08.